The average Bonchev–Trinajstić information content (AvgIpc) is 2.89. The maximum atomic E-state index is 13.7. The van der Waals surface area contributed by atoms with Crippen molar-refractivity contribution in [3.8, 4) is 5.75 Å². The van der Waals surface area contributed by atoms with Gasteiger partial charge in [0, 0.05) is 40.7 Å². The average molecular weight is 613 g/mol. The zero-order valence-corrected chi connectivity index (χ0v) is 22.8. The van der Waals surface area contributed by atoms with Crippen molar-refractivity contribution >= 4 is 29.8 Å². The van der Waals surface area contributed by atoms with Crippen LogP contribution in [0.3, 0.4) is 0 Å². The highest BCUT2D eigenvalue weighted by Crippen LogP contribution is 2.30. The Hall–Kier alpha value is -3.86. The molecule has 1 heterocycles. The summed E-state index contributed by atoms with van der Waals surface area (Å²) in [4.78, 5) is 58.9. The van der Waals surface area contributed by atoms with Gasteiger partial charge in [-0.1, -0.05) is 0 Å². The SMILES string of the molecule is CC(=O)N[C@H]1[C@H](OCCCCC(=O)Oc2c(F)c(F)c(F)c(F)c2F)O[C@H](COC(C)=O)[C@H](OC(C)=O)[C@@H]1OC(C)=O. The minimum Gasteiger partial charge on any atom is -0.463 e. The lowest BCUT2D eigenvalue weighted by molar-refractivity contribution is -0.277. The van der Waals surface area contributed by atoms with Gasteiger partial charge in [-0.25, -0.2) is 13.2 Å². The van der Waals surface area contributed by atoms with Gasteiger partial charge in [0.05, 0.1) is 0 Å². The molecule has 1 amide bonds. The molecule has 1 N–H and O–H groups in total. The molecule has 5 atom stereocenters. The second-order valence-electron chi connectivity index (χ2n) is 8.92. The summed E-state index contributed by atoms with van der Waals surface area (Å²) in [5.41, 5.74) is 0. The number of ether oxygens (including phenoxy) is 6. The summed E-state index contributed by atoms with van der Waals surface area (Å²) in [5.74, 6) is -17.5. The molecule has 1 aromatic rings. The molecule has 1 saturated heterocycles. The van der Waals surface area contributed by atoms with Crippen molar-refractivity contribution in [2.24, 2.45) is 0 Å². The molecule has 0 bridgehead atoms. The Morgan fingerprint density at radius 2 is 1.31 bits per heavy atom. The first kappa shape index (κ1) is 34.3. The molecular weight excluding hydrogens is 585 g/mol. The van der Waals surface area contributed by atoms with Crippen LogP contribution in [-0.4, -0.2) is 73.6 Å². The molecule has 234 valence electrons. The maximum absolute atomic E-state index is 13.7. The van der Waals surface area contributed by atoms with Crippen LogP contribution in [0, 0.1) is 29.1 Å². The molecule has 0 aliphatic carbocycles. The van der Waals surface area contributed by atoms with Crippen LogP contribution in [0.1, 0.15) is 47.0 Å². The summed E-state index contributed by atoms with van der Waals surface area (Å²) >= 11 is 0. The second kappa shape index (κ2) is 15.4. The lowest BCUT2D eigenvalue weighted by Gasteiger charge is -2.44. The number of amides is 1. The quantitative estimate of drug-likeness (QED) is 0.0702. The van der Waals surface area contributed by atoms with Crippen LogP contribution < -0.4 is 10.1 Å². The molecule has 0 saturated carbocycles. The molecule has 1 fully saturated rings. The number of unbranched alkanes of at least 4 members (excludes halogenated alkanes) is 1. The fraction of sp³-hybridized carbons (Fsp3) is 0.560. The van der Waals surface area contributed by atoms with Gasteiger partial charge in [0.15, 0.2) is 18.5 Å². The van der Waals surface area contributed by atoms with Crippen LogP contribution in [0.25, 0.3) is 0 Å². The predicted octanol–water partition coefficient (Wildman–Crippen LogP) is 2.13. The smallest absolute Gasteiger partial charge is 0.311 e. The van der Waals surface area contributed by atoms with E-state index in [0.29, 0.717) is 0 Å². The van der Waals surface area contributed by atoms with Crippen molar-refractivity contribution in [3.05, 3.63) is 29.1 Å². The first-order chi connectivity index (χ1) is 19.6. The van der Waals surface area contributed by atoms with E-state index in [-0.39, 0.29) is 19.4 Å². The van der Waals surface area contributed by atoms with E-state index in [1.807, 2.05) is 0 Å². The number of benzene rings is 1. The topological polar surface area (TPSA) is 153 Å². The van der Waals surface area contributed by atoms with E-state index in [0.717, 1.165) is 27.7 Å². The Morgan fingerprint density at radius 1 is 0.762 bits per heavy atom. The number of hydrogen-bond donors (Lipinski definition) is 1. The Kier molecular flexibility index (Phi) is 12.6. The third-order valence-electron chi connectivity index (χ3n) is 5.51. The molecule has 42 heavy (non-hydrogen) atoms. The first-order valence-electron chi connectivity index (χ1n) is 12.4. The van der Waals surface area contributed by atoms with Crippen molar-refractivity contribution in [1.29, 1.82) is 0 Å². The molecular formula is C25H28F5NO11. The fourth-order valence-electron chi connectivity index (χ4n) is 3.84. The Balaban J connectivity index is 2.10. The standard InChI is InChI=1S/C25H28F5NO11/c1-10(32)31-21-24(40-13(4)35)22(39-12(3)34)14(9-38-11(2)33)41-25(21)37-8-6-5-7-15(36)42-23-19(29)17(27)16(26)18(28)20(23)30/h14,21-22,24-25H,5-9H2,1-4H3,(H,31,32)/t14-,21-,22+,24-,25-/m1/s1. The summed E-state index contributed by atoms with van der Waals surface area (Å²) in [6.45, 7) is 3.72. The van der Waals surface area contributed by atoms with E-state index in [1.54, 1.807) is 0 Å². The van der Waals surface area contributed by atoms with Gasteiger partial charge < -0.3 is 33.7 Å². The highest BCUT2D eigenvalue weighted by Gasteiger charge is 2.51. The molecule has 17 heteroatoms. The minimum absolute atomic E-state index is 0.0407. The lowest BCUT2D eigenvalue weighted by Crippen LogP contribution is -2.66. The van der Waals surface area contributed by atoms with Crippen molar-refractivity contribution in [3.63, 3.8) is 0 Å². The van der Waals surface area contributed by atoms with E-state index >= 15 is 0 Å². The molecule has 0 unspecified atom stereocenters. The summed E-state index contributed by atoms with van der Waals surface area (Å²) in [7, 11) is 0. The van der Waals surface area contributed by atoms with Crippen LogP contribution >= 0.6 is 0 Å². The summed E-state index contributed by atoms with van der Waals surface area (Å²) in [6, 6.07) is -1.23. The van der Waals surface area contributed by atoms with Crippen molar-refractivity contribution in [1.82, 2.24) is 5.32 Å². The van der Waals surface area contributed by atoms with E-state index < -0.39 is 108 Å². The molecule has 0 spiro atoms. The number of carbonyl (C=O) groups excluding carboxylic acids is 5. The summed E-state index contributed by atoms with van der Waals surface area (Å²) in [5, 5.41) is 2.49. The van der Waals surface area contributed by atoms with Gasteiger partial charge in [-0.2, -0.15) is 8.78 Å². The Labute approximate surface area is 235 Å². The Morgan fingerprint density at radius 3 is 1.83 bits per heavy atom. The lowest BCUT2D eigenvalue weighted by atomic mass is 9.96. The molecule has 1 aliphatic heterocycles. The zero-order chi connectivity index (χ0) is 31.7. The van der Waals surface area contributed by atoms with Gasteiger partial charge >= 0.3 is 23.9 Å². The van der Waals surface area contributed by atoms with Crippen LogP contribution in [0.4, 0.5) is 22.0 Å². The van der Waals surface area contributed by atoms with Crippen LogP contribution in [0.15, 0.2) is 0 Å². The number of rotatable bonds is 12. The highest BCUT2D eigenvalue weighted by atomic mass is 19.2. The van der Waals surface area contributed by atoms with Crippen LogP contribution in [0.5, 0.6) is 5.75 Å². The van der Waals surface area contributed by atoms with Gasteiger partial charge in [0.2, 0.25) is 40.7 Å². The van der Waals surface area contributed by atoms with Crippen LogP contribution in [-0.2, 0) is 47.7 Å². The molecule has 2 rings (SSSR count). The molecule has 12 nitrogen and oxygen atoms in total. The van der Waals surface area contributed by atoms with Gasteiger partial charge in [-0.15, -0.1) is 0 Å². The van der Waals surface area contributed by atoms with Crippen molar-refractivity contribution in [2.45, 2.75) is 77.6 Å². The number of hydrogen-bond acceptors (Lipinski definition) is 11. The second-order valence-corrected chi connectivity index (χ2v) is 8.92. The van der Waals surface area contributed by atoms with E-state index in [4.69, 9.17) is 23.7 Å². The van der Waals surface area contributed by atoms with Crippen LogP contribution in [0.2, 0.25) is 0 Å². The third kappa shape index (κ3) is 9.34. The predicted molar refractivity (Wildman–Crippen MR) is 126 cm³/mol. The van der Waals surface area contributed by atoms with Crippen molar-refractivity contribution < 1.29 is 74.3 Å². The van der Waals surface area contributed by atoms with Gasteiger partial charge in [-0.3, -0.25) is 24.0 Å². The van der Waals surface area contributed by atoms with E-state index in [2.05, 4.69) is 10.1 Å². The van der Waals surface area contributed by atoms with E-state index in [1.165, 1.54) is 0 Å². The normalized spacial score (nSPS) is 21.7. The van der Waals surface area contributed by atoms with Gasteiger partial charge in [0.1, 0.15) is 18.8 Å². The van der Waals surface area contributed by atoms with Crippen molar-refractivity contribution in [2.75, 3.05) is 13.2 Å². The number of halogens is 5. The maximum Gasteiger partial charge on any atom is 0.311 e. The zero-order valence-electron chi connectivity index (χ0n) is 22.8. The first-order valence-corrected chi connectivity index (χ1v) is 12.4. The molecule has 0 aromatic heterocycles. The Bertz CT molecular complexity index is 1170. The number of esters is 4. The summed E-state index contributed by atoms with van der Waals surface area (Å²) < 4.78 is 98.5. The number of nitrogens with one attached hydrogen (secondary N) is 1. The summed E-state index contributed by atoms with van der Waals surface area (Å²) in [6.07, 6.45) is -5.82. The molecule has 0 radical (unpaired) electrons. The highest BCUT2D eigenvalue weighted by molar-refractivity contribution is 5.74. The third-order valence-corrected chi connectivity index (χ3v) is 5.51. The van der Waals surface area contributed by atoms with Gasteiger partial charge in [-0.05, 0) is 12.8 Å². The molecule has 1 aromatic carbocycles. The van der Waals surface area contributed by atoms with Gasteiger partial charge in [0.25, 0.3) is 0 Å². The van der Waals surface area contributed by atoms with E-state index in [9.17, 15) is 45.9 Å². The monoisotopic (exact) mass is 613 g/mol. The minimum atomic E-state index is -2.41. The fourth-order valence-corrected chi connectivity index (χ4v) is 3.84. The number of carbonyl (C=O) groups is 5. The molecule has 1 aliphatic rings. The largest absolute Gasteiger partial charge is 0.463 e.